The smallest absolute Gasteiger partial charge is 0.381 e. The minimum Gasteiger partial charge on any atom is -0.381 e. The summed E-state index contributed by atoms with van der Waals surface area (Å²) >= 11 is 0. The summed E-state index contributed by atoms with van der Waals surface area (Å²) in [4.78, 5) is 0. The Kier molecular flexibility index (Phi) is 10.9. The van der Waals surface area contributed by atoms with Gasteiger partial charge in [-0.3, -0.25) is 0 Å². The van der Waals surface area contributed by atoms with E-state index < -0.39 is 67.1 Å². The third kappa shape index (κ3) is 6.08. The zero-order valence-electron chi connectivity index (χ0n) is 18.2. The number of unbranched alkanes of at least 4 members (excludes halogenated alkanes) is 4. The molecule has 0 unspecified atom stereocenters. The van der Waals surface area contributed by atoms with Crippen LogP contribution in [0.5, 0.6) is 0 Å². The Labute approximate surface area is 193 Å². The highest BCUT2D eigenvalue weighted by Gasteiger charge is 2.95. The monoisotopic (exact) mass is 576 g/mol. The Morgan fingerprint density at radius 1 is 0.417 bits per heavy atom. The molecule has 218 valence electrons. The van der Waals surface area contributed by atoms with Gasteiger partial charge in [-0.2, -0.15) is 74.6 Å². The molecule has 0 saturated carbocycles. The number of hydrogen-bond acceptors (Lipinski definition) is 1. The number of ether oxygens (including phenoxy) is 1. The van der Waals surface area contributed by atoms with Crippen molar-refractivity contribution in [3.63, 3.8) is 0 Å². The molecule has 0 aromatic heterocycles. The van der Waals surface area contributed by atoms with Gasteiger partial charge in [-0.05, 0) is 12.8 Å². The molecule has 0 amide bonds. The topological polar surface area (TPSA) is 9.23 Å². The first-order valence-electron chi connectivity index (χ1n) is 10.1. The van der Waals surface area contributed by atoms with E-state index in [-0.39, 0.29) is 6.61 Å². The van der Waals surface area contributed by atoms with Crippen molar-refractivity contribution >= 4 is 0 Å². The first kappa shape index (κ1) is 34.8. The van der Waals surface area contributed by atoms with E-state index in [1.54, 1.807) is 0 Å². The largest absolute Gasteiger partial charge is 0.460 e. The van der Waals surface area contributed by atoms with Crippen LogP contribution in [-0.4, -0.2) is 60.8 Å². The SMILES string of the molecule is CCCCCCCOCCCC(F)(F)C(F)(F)C(F)(F)C(F)(F)C(F)(F)C(F)(F)C(F)(F)C(F)(F)F. The molecule has 0 rings (SSSR count). The van der Waals surface area contributed by atoms with E-state index in [0.29, 0.717) is 12.8 Å². The van der Waals surface area contributed by atoms with E-state index in [4.69, 9.17) is 4.74 Å². The van der Waals surface area contributed by atoms with Crippen molar-refractivity contribution in [2.45, 2.75) is 99.5 Å². The third-order valence-corrected chi connectivity index (χ3v) is 4.96. The van der Waals surface area contributed by atoms with E-state index in [1.165, 1.54) is 0 Å². The second kappa shape index (κ2) is 11.3. The molecule has 0 fully saturated rings. The van der Waals surface area contributed by atoms with Gasteiger partial charge in [0, 0.05) is 19.6 Å². The van der Waals surface area contributed by atoms with Gasteiger partial charge in [0.25, 0.3) is 0 Å². The van der Waals surface area contributed by atoms with Gasteiger partial charge in [0.15, 0.2) is 0 Å². The summed E-state index contributed by atoms with van der Waals surface area (Å²) in [6, 6.07) is 0. The highest BCUT2D eigenvalue weighted by molar-refractivity contribution is 5.15. The third-order valence-electron chi connectivity index (χ3n) is 4.96. The van der Waals surface area contributed by atoms with E-state index >= 15 is 0 Å². The van der Waals surface area contributed by atoms with Crippen molar-refractivity contribution in [3.8, 4) is 0 Å². The van der Waals surface area contributed by atoms with E-state index in [9.17, 15) is 74.6 Å². The van der Waals surface area contributed by atoms with Crippen LogP contribution in [0.15, 0.2) is 0 Å². The van der Waals surface area contributed by atoms with Crippen LogP contribution < -0.4 is 0 Å². The Balaban J connectivity index is 5.71. The molecule has 0 atom stereocenters. The standard InChI is InChI=1S/C18H21F17O/c1-2-3-4-5-6-9-36-10-7-8-11(19,20)12(21,22)13(23,24)14(25,26)15(27,28)16(29,30)17(31,32)18(33,34)35/h2-10H2,1H3. The molecule has 0 aliphatic heterocycles. The number of hydrogen-bond donors (Lipinski definition) is 0. The molecule has 0 aromatic rings. The first-order chi connectivity index (χ1) is 15.8. The summed E-state index contributed by atoms with van der Waals surface area (Å²) < 4.78 is 228. The molecule has 0 aromatic carbocycles. The van der Waals surface area contributed by atoms with Gasteiger partial charge in [-0.25, -0.2) is 0 Å². The molecule has 0 N–H and O–H groups in total. The van der Waals surface area contributed by atoms with Crippen LogP contribution in [0.1, 0.15) is 51.9 Å². The highest BCUT2D eigenvalue weighted by Crippen LogP contribution is 2.64. The molecule has 18 heteroatoms. The summed E-state index contributed by atoms with van der Waals surface area (Å²) in [6.45, 7) is 0.929. The lowest BCUT2D eigenvalue weighted by Gasteiger charge is -2.42. The van der Waals surface area contributed by atoms with Crippen LogP contribution in [-0.2, 0) is 4.74 Å². The average molecular weight is 576 g/mol. The lowest BCUT2D eigenvalue weighted by atomic mass is 9.88. The summed E-state index contributed by atoms with van der Waals surface area (Å²) in [5.74, 6) is -55.9. The number of halogens is 17. The molecule has 0 spiro atoms. The minimum absolute atomic E-state index is 0.116. The second-order valence-electron chi connectivity index (χ2n) is 7.78. The van der Waals surface area contributed by atoms with Gasteiger partial charge in [0.1, 0.15) is 0 Å². The maximum absolute atomic E-state index is 13.7. The van der Waals surface area contributed by atoms with Gasteiger partial charge < -0.3 is 4.74 Å². The molecule has 0 saturated heterocycles. The predicted molar refractivity (Wildman–Crippen MR) is 89.5 cm³/mol. The number of alkyl halides is 17. The Morgan fingerprint density at radius 3 is 1.19 bits per heavy atom. The summed E-state index contributed by atoms with van der Waals surface area (Å²) in [5.41, 5.74) is 0. The molecule has 0 heterocycles. The molecule has 0 bridgehead atoms. The van der Waals surface area contributed by atoms with Crippen LogP contribution in [0, 0.1) is 0 Å². The number of rotatable bonds is 16. The van der Waals surface area contributed by atoms with E-state index in [1.807, 2.05) is 6.92 Å². The second-order valence-corrected chi connectivity index (χ2v) is 7.78. The fourth-order valence-electron chi connectivity index (χ4n) is 2.66. The molecule has 0 aliphatic carbocycles. The molecular weight excluding hydrogens is 555 g/mol. The fraction of sp³-hybridized carbons (Fsp3) is 1.00. The Bertz CT molecular complexity index is 684. The molecule has 0 aliphatic rings. The Morgan fingerprint density at radius 2 is 0.778 bits per heavy atom. The summed E-state index contributed by atoms with van der Waals surface area (Å²) in [6.07, 6.45) is -8.04. The predicted octanol–water partition coefficient (Wildman–Crippen LogP) is 8.76. The van der Waals surface area contributed by atoms with Gasteiger partial charge in [-0.1, -0.05) is 32.6 Å². The van der Waals surface area contributed by atoms with Gasteiger partial charge in [0.2, 0.25) is 0 Å². The van der Waals surface area contributed by atoms with Gasteiger partial charge >= 0.3 is 47.6 Å². The van der Waals surface area contributed by atoms with Crippen molar-refractivity contribution in [1.29, 1.82) is 0 Å². The van der Waals surface area contributed by atoms with Crippen LogP contribution >= 0.6 is 0 Å². The first-order valence-corrected chi connectivity index (χ1v) is 10.1. The normalized spacial score (nSPS) is 15.5. The summed E-state index contributed by atoms with van der Waals surface area (Å²) in [7, 11) is 0. The van der Waals surface area contributed by atoms with Crippen LogP contribution in [0.25, 0.3) is 0 Å². The van der Waals surface area contributed by atoms with Crippen molar-refractivity contribution in [2.75, 3.05) is 13.2 Å². The molecule has 0 radical (unpaired) electrons. The van der Waals surface area contributed by atoms with E-state index in [0.717, 1.165) is 19.3 Å². The molecule has 36 heavy (non-hydrogen) atoms. The van der Waals surface area contributed by atoms with Crippen molar-refractivity contribution < 1.29 is 79.4 Å². The van der Waals surface area contributed by atoms with Crippen molar-refractivity contribution in [3.05, 3.63) is 0 Å². The fourth-order valence-corrected chi connectivity index (χ4v) is 2.66. The quantitative estimate of drug-likeness (QED) is 0.132. The van der Waals surface area contributed by atoms with Crippen LogP contribution in [0.3, 0.4) is 0 Å². The zero-order chi connectivity index (χ0) is 29.1. The van der Waals surface area contributed by atoms with Crippen molar-refractivity contribution in [2.24, 2.45) is 0 Å². The van der Waals surface area contributed by atoms with E-state index in [2.05, 4.69) is 0 Å². The highest BCUT2D eigenvalue weighted by atomic mass is 19.4. The minimum atomic E-state index is -8.59. The lowest BCUT2D eigenvalue weighted by Crippen LogP contribution is -2.74. The van der Waals surface area contributed by atoms with Gasteiger partial charge in [0.05, 0.1) is 0 Å². The van der Waals surface area contributed by atoms with Crippen molar-refractivity contribution in [1.82, 2.24) is 0 Å². The van der Waals surface area contributed by atoms with Gasteiger partial charge in [-0.15, -0.1) is 0 Å². The summed E-state index contributed by atoms with van der Waals surface area (Å²) in [5, 5.41) is 0. The Hall–Kier alpha value is -1.23. The lowest BCUT2D eigenvalue weighted by molar-refractivity contribution is -0.461. The zero-order valence-corrected chi connectivity index (χ0v) is 18.2. The van der Waals surface area contributed by atoms with Crippen LogP contribution in [0.2, 0.25) is 0 Å². The maximum Gasteiger partial charge on any atom is 0.460 e. The maximum atomic E-state index is 13.7. The average Bonchev–Trinajstić information content (AvgIpc) is 2.70. The molecule has 1 nitrogen and oxygen atoms in total. The molecular formula is C18H21F17O. The van der Waals surface area contributed by atoms with Crippen LogP contribution in [0.4, 0.5) is 74.6 Å².